The first-order valence-corrected chi connectivity index (χ1v) is 6.64. The molecule has 0 amide bonds. The van der Waals surface area contributed by atoms with Gasteiger partial charge in [0.25, 0.3) is 10.0 Å². The van der Waals surface area contributed by atoms with E-state index >= 15 is 0 Å². The van der Waals surface area contributed by atoms with E-state index in [0.717, 1.165) is 6.07 Å². The van der Waals surface area contributed by atoms with Gasteiger partial charge in [0.2, 0.25) is 5.03 Å². The van der Waals surface area contributed by atoms with Gasteiger partial charge in [-0.05, 0) is 25.5 Å². The molecular formula is C10H13FN2O3S. The van der Waals surface area contributed by atoms with Crippen molar-refractivity contribution in [3.63, 3.8) is 0 Å². The number of ether oxygens (including phenoxy) is 1. The topological polar surface area (TPSA) is 68.3 Å². The Kier molecular flexibility index (Phi) is 3.15. The molecule has 1 N–H and O–H groups in total. The molecule has 0 aliphatic carbocycles. The molecule has 1 aromatic heterocycles. The van der Waals surface area contributed by atoms with Crippen LogP contribution in [0.2, 0.25) is 0 Å². The number of rotatable bonds is 3. The maximum absolute atomic E-state index is 13.4. The van der Waals surface area contributed by atoms with E-state index in [1.54, 1.807) is 6.92 Å². The maximum Gasteiger partial charge on any atom is 0.261 e. The van der Waals surface area contributed by atoms with Gasteiger partial charge in [-0.3, -0.25) is 0 Å². The minimum absolute atomic E-state index is 0.278. The van der Waals surface area contributed by atoms with Crippen molar-refractivity contribution in [2.24, 2.45) is 0 Å². The fourth-order valence-corrected chi connectivity index (χ4v) is 3.12. The Morgan fingerprint density at radius 1 is 1.59 bits per heavy atom. The summed E-state index contributed by atoms with van der Waals surface area (Å²) in [5.74, 6) is -0.859. The van der Waals surface area contributed by atoms with Gasteiger partial charge in [0.05, 0.1) is 12.1 Å². The van der Waals surface area contributed by atoms with Crippen molar-refractivity contribution < 1.29 is 17.5 Å². The van der Waals surface area contributed by atoms with Crippen LogP contribution < -0.4 is 4.72 Å². The van der Waals surface area contributed by atoms with Crippen LogP contribution in [0.15, 0.2) is 23.4 Å². The highest BCUT2D eigenvalue weighted by atomic mass is 32.2. The zero-order valence-electron chi connectivity index (χ0n) is 9.31. The summed E-state index contributed by atoms with van der Waals surface area (Å²) >= 11 is 0. The Hall–Kier alpha value is -1.05. The predicted octanol–water partition coefficient (Wildman–Crippen LogP) is 0.678. The van der Waals surface area contributed by atoms with Crippen LogP contribution in [0.3, 0.4) is 0 Å². The zero-order valence-corrected chi connectivity index (χ0v) is 10.1. The molecular weight excluding hydrogens is 247 g/mol. The summed E-state index contributed by atoms with van der Waals surface area (Å²) in [5.41, 5.74) is -0.692. The van der Waals surface area contributed by atoms with Gasteiger partial charge in [-0.25, -0.2) is 22.5 Å². The molecule has 2 rings (SSSR count). The quantitative estimate of drug-likeness (QED) is 0.867. The van der Waals surface area contributed by atoms with Crippen LogP contribution in [0, 0.1) is 5.82 Å². The highest BCUT2D eigenvalue weighted by molar-refractivity contribution is 7.89. The molecule has 0 aromatic carbocycles. The van der Waals surface area contributed by atoms with Crippen molar-refractivity contribution >= 4 is 10.0 Å². The van der Waals surface area contributed by atoms with Crippen molar-refractivity contribution in [1.82, 2.24) is 9.71 Å². The zero-order chi connectivity index (χ0) is 12.5. The number of aromatic nitrogens is 1. The lowest BCUT2D eigenvalue weighted by atomic mass is 10.0. The third-order valence-corrected chi connectivity index (χ3v) is 4.15. The first kappa shape index (κ1) is 12.4. The molecule has 1 aromatic rings. The molecule has 0 radical (unpaired) electrons. The Morgan fingerprint density at radius 2 is 2.35 bits per heavy atom. The van der Waals surface area contributed by atoms with Crippen LogP contribution >= 0.6 is 0 Å². The Morgan fingerprint density at radius 3 is 2.94 bits per heavy atom. The monoisotopic (exact) mass is 260 g/mol. The number of halogens is 1. The minimum Gasteiger partial charge on any atom is -0.379 e. The average molecular weight is 260 g/mol. The number of hydrogen-bond acceptors (Lipinski definition) is 4. The van der Waals surface area contributed by atoms with E-state index in [0.29, 0.717) is 13.0 Å². The molecule has 0 bridgehead atoms. The second-order valence-corrected chi connectivity index (χ2v) is 5.86. The highest BCUT2D eigenvalue weighted by Gasteiger charge is 2.36. The van der Waals surface area contributed by atoms with E-state index in [2.05, 4.69) is 9.71 Å². The molecule has 1 aliphatic heterocycles. The largest absolute Gasteiger partial charge is 0.379 e. The minimum atomic E-state index is -3.95. The summed E-state index contributed by atoms with van der Waals surface area (Å²) in [4.78, 5) is 3.56. The smallest absolute Gasteiger partial charge is 0.261 e. The number of pyridine rings is 1. The van der Waals surface area contributed by atoms with E-state index in [1.807, 2.05) is 0 Å². The molecule has 1 fully saturated rings. The Bertz CT molecular complexity index is 512. The van der Waals surface area contributed by atoms with Gasteiger partial charge in [-0.1, -0.05) is 0 Å². The van der Waals surface area contributed by atoms with Gasteiger partial charge in [0.1, 0.15) is 0 Å². The summed E-state index contributed by atoms with van der Waals surface area (Å²) < 4.78 is 44.8. The van der Waals surface area contributed by atoms with Crippen LogP contribution in [-0.2, 0) is 14.8 Å². The molecule has 7 heteroatoms. The number of hydrogen-bond donors (Lipinski definition) is 1. The third kappa shape index (κ3) is 2.62. The van der Waals surface area contributed by atoms with E-state index in [1.165, 1.54) is 12.3 Å². The standard InChI is InChI=1S/C10H13FN2O3S/c1-10(4-6-16-7-10)13-17(14,15)9-8(11)3-2-5-12-9/h2-3,5,13H,4,6-7H2,1H3. The molecule has 1 aliphatic rings. The highest BCUT2D eigenvalue weighted by Crippen LogP contribution is 2.21. The Labute approximate surface area is 99.1 Å². The van der Waals surface area contributed by atoms with Gasteiger partial charge in [-0.15, -0.1) is 0 Å². The van der Waals surface area contributed by atoms with Gasteiger partial charge < -0.3 is 4.74 Å². The summed E-state index contributed by atoms with van der Waals surface area (Å²) in [6.45, 7) is 2.49. The fourth-order valence-electron chi connectivity index (χ4n) is 1.69. The molecule has 94 valence electrons. The summed E-state index contributed by atoms with van der Waals surface area (Å²) in [6, 6.07) is 2.41. The Balaban J connectivity index is 2.28. The van der Waals surface area contributed by atoms with Crippen molar-refractivity contribution in [2.45, 2.75) is 23.9 Å². The molecule has 5 nitrogen and oxygen atoms in total. The van der Waals surface area contributed by atoms with Gasteiger partial charge in [0.15, 0.2) is 5.82 Å². The van der Waals surface area contributed by atoms with Gasteiger partial charge in [0, 0.05) is 12.8 Å². The van der Waals surface area contributed by atoms with Crippen LogP contribution in [0.25, 0.3) is 0 Å². The van der Waals surface area contributed by atoms with E-state index in [9.17, 15) is 12.8 Å². The number of sulfonamides is 1. The van der Waals surface area contributed by atoms with Crippen molar-refractivity contribution in [3.8, 4) is 0 Å². The summed E-state index contributed by atoms with van der Waals surface area (Å²) in [7, 11) is -3.95. The van der Waals surface area contributed by atoms with Crippen LogP contribution in [0.4, 0.5) is 4.39 Å². The van der Waals surface area contributed by atoms with Crippen LogP contribution in [-0.4, -0.2) is 32.2 Å². The average Bonchev–Trinajstić information content (AvgIpc) is 2.64. The van der Waals surface area contributed by atoms with E-state index < -0.39 is 26.4 Å². The van der Waals surface area contributed by atoms with Crippen LogP contribution in [0.5, 0.6) is 0 Å². The maximum atomic E-state index is 13.4. The van der Waals surface area contributed by atoms with Gasteiger partial charge >= 0.3 is 0 Å². The van der Waals surface area contributed by atoms with Crippen LogP contribution in [0.1, 0.15) is 13.3 Å². The molecule has 1 atom stereocenters. The van der Waals surface area contributed by atoms with Crippen molar-refractivity contribution in [3.05, 3.63) is 24.1 Å². The van der Waals surface area contributed by atoms with Crippen molar-refractivity contribution in [2.75, 3.05) is 13.2 Å². The lowest BCUT2D eigenvalue weighted by Gasteiger charge is -2.22. The lowest BCUT2D eigenvalue weighted by Crippen LogP contribution is -2.46. The number of nitrogens with one attached hydrogen (secondary N) is 1. The fraction of sp³-hybridized carbons (Fsp3) is 0.500. The second-order valence-electron chi connectivity index (χ2n) is 4.26. The normalized spacial score (nSPS) is 25.1. The number of nitrogens with zero attached hydrogens (tertiary/aromatic N) is 1. The van der Waals surface area contributed by atoms with Crippen molar-refractivity contribution in [1.29, 1.82) is 0 Å². The molecule has 0 spiro atoms. The summed E-state index contributed by atoms with van der Waals surface area (Å²) in [5, 5.41) is -0.576. The first-order valence-electron chi connectivity index (χ1n) is 5.15. The third-order valence-electron chi connectivity index (χ3n) is 2.58. The molecule has 17 heavy (non-hydrogen) atoms. The molecule has 1 unspecified atom stereocenters. The predicted molar refractivity (Wildman–Crippen MR) is 58.4 cm³/mol. The first-order chi connectivity index (χ1) is 7.93. The molecule has 2 heterocycles. The summed E-state index contributed by atoms with van der Waals surface area (Å²) in [6.07, 6.45) is 1.80. The lowest BCUT2D eigenvalue weighted by molar-refractivity contribution is 0.178. The SMILES string of the molecule is CC1(NS(=O)(=O)c2ncccc2F)CCOC1. The second kappa shape index (κ2) is 4.32. The van der Waals surface area contributed by atoms with E-state index in [-0.39, 0.29) is 6.61 Å². The molecule has 0 saturated carbocycles. The molecule has 1 saturated heterocycles. The van der Waals surface area contributed by atoms with Gasteiger partial charge in [-0.2, -0.15) is 0 Å². The van der Waals surface area contributed by atoms with E-state index in [4.69, 9.17) is 4.74 Å².